The summed E-state index contributed by atoms with van der Waals surface area (Å²) in [5.41, 5.74) is 6.42. The Morgan fingerprint density at radius 2 is 1.93 bits per heavy atom. The first kappa shape index (κ1) is 12.0. The van der Waals surface area contributed by atoms with Gasteiger partial charge in [0, 0.05) is 6.04 Å². The van der Waals surface area contributed by atoms with E-state index in [0.29, 0.717) is 0 Å². The second kappa shape index (κ2) is 5.14. The van der Waals surface area contributed by atoms with Crippen molar-refractivity contribution in [2.24, 2.45) is 5.73 Å². The Bertz CT molecular complexity index is 310. The molecule has 0 aliphatic heterocycles. The van der Waals surface area contributed by atoms with Gasteiger partial charge < -0.3 is 15.6 Å². The zero-order valence-corrected chi connectivity index (χ0v) is 9.47. The molecule has 15 heavy (non-hydrogen) atoms. The van der Waals surface area contributed by atoms with Crippen LogP contribution < -0.4 is 10.5 Å². The van der Waals surface area contributed by atoms with Gasteiger partial charge in [-0.25, -0.2) is 0 Å². The Morgan fingerprint density at radius 3 is 2.47 bits per heavy atom. The Labute approximate surface area is 90.9 Å². The summed E-state index contributed by atoms with van der Waals surface area (Å²) in [6.07, 6.45) is -0.506. The standard InChI is InChI=1S/C12H19NO2/c1-8(2)15-11-6-4-5-10(7-11)12(14)9(3)13/h4-9,12,14H,13H2,1-3H3/t9-,12-/m1/s1. The third-order valence-electron chi connectivity index (χ3n) is 2.07. The molecule has 0 aromatic heterocycles. The molecule has 0 saturated heterocycles. The molecule has 3 nitrogen and oxygen atoms in total. The van der Waals surface area contributed by atoms with Gasteiger partial charge in [0.25, 0.3) is 0 Å². The lowest BCUT2D eigenvalue weighted by Crippen LogP contribution is -2.24. The SMILES string of the molecule is CC(C)Oc1cccc([C@H](O)[C@@H](C)N)c1. The van der Waals surface area contributed by atoms with Gasteiger partial charge in [-0.15, -0.1) is 0 Å². The highest BCUT2D eigenvalue weighted by Gasteiger charge is 2.12. The summed E-state index contributed by atoms with van der Waals surface area (Å²) in [7, 11) is 0. The van der Waals surface area contributed by atoms with Crippen molar-refractivity contribution in [3.8, 4) is 5.75 Å². The van der Waals surface area contributed by atoms with E-state index in [2.05, 4.69) is 0 Å². The maximum Gasteiger partial charge on any atom is 0.120 e. The first-order valence-electron chi connectivity index (χ1n) is 5.21. The highest BCUT2D eigenvalue weighted by atomic mass is 16.5. The van der Waals surface area contributed by atoms with E-state index in [0.717, 1.165) is 11.3 Å². The van der Waals surface area contributed by atoms with Gasteiger partial charge >= 0.3 is 0 Å². The quantitative estimate of drug-likeness (QED) is 0.795. The summed E-state index contributed by atoms with van der Waals surface area (Å²) < 4.78 is 5.53. The van der Waals surface area contributed by atoms with Gasteiger partial charge in [-0.3, -0.25) is 0 Å². The fourth-order valence-electron chi connectivity index (χ4n) is 1.35. The van der Waals surface area contributed by atoms with Gasteiger partial charge in [0.15, 0.2) is 0 Å². The lowest BCUT2D eigenvalue weighted by molar-refractivity contribution is 0.152. The Kier molecular flexibility index (Phi) is 4.12. The molecule has 0 spiro atoms. The van der Waals surface area contributed by atoms with Crippen LogP contribution in [-0.4, -0.2) is 17.3 Å². The summed E-state index contributed by atoms with van der Waals surface area (Å²) >= 11 is 0. The van der Waals surface area contributed by atoms with Gasteiger partial charge in [-0.2, -0.15) is 0 Å². The van der Waals surface area contributed by atoms with E-state index in [1.54, 1.807) is 6.92 Å². The van der Waals surface area contributed by atoms with Crippen molar-refractivity contribution in [2.75, 3.05) is 0 Å². The van der Waals surface area contributed by atoms with Crippen LogP contribution in [0.5, 0.6) is 5.75 Å². The molecule has 0 unspecified atom stereocenters. The molecular weight excluding hydrogens is 190 g/mol. The lowest BCUT2D eigenvalue weighted by Gasteiger charge is -2.16. The largest absolute Gasteiger partial charge is 0.491 e. The number of ether oxygens (including phenoxy) is 1. The molecule has 0 fully saturated rings. The molecule has 3 heteroatoms. The smallest absolute Gasteiger partial charge is 0.120 e. The van der Waals surface area contributed by atoms with Crippen LogP contribution in [0, 0.1) is 0 Å². The van der Waals surface area contributed by atoms with Crippen LogP contribution >= 0.6 is 0 Å². The summed E-state index contributed by atoms with van der Waals surface area (Å²) in [6.45, 7) is 5.71. The zero-order chi connectivity index (χ0) is 11.4. The van der Waals surface area contributed by atoms with E-state index in [1.165, 1.54) is 0 Å². The summed E-state index contributed by atoms with van der Waals surface area (Å²) in [5, 5.41) is 9.78. The average molecular weight is 209 g/mol. The predicted octanol–water partition coefficient (Wildman–Crippen LogP) is 1.85. The first-order chi connectivity index (χ1) is 7.00. The normalized spacial score (nSPS) is 15.1. The monoisotopic (exact) mass is 209 g/mol. The van der Waals surface area contributed by atoms with Crippen LogP contribution in [-0.2, 0) is 0 Å². The second-order valence-corrected chi connectivity index (χ2v) is 4.04. The van der Waals surface area contributed by atoms with Gasteiger partial charge in [-0.1, -0.05) is 12.1 Å². The minimum atomic E-state index is -0.638. The molecule has 0 aliphatic carbocycles. The average Bonchev–Trinajstić information content (AvgIpc) is 2.16. The predicted molar refractivity (Wildman–Crippen MR) is 60.8 cm³/mol. The van der Waals surface area contributed by atoms with Crippen LogP contribution in [0.15, 0.2) is 24.3 Å². The number of rotatable bonds is 4. The van der Waals surface area contributed by atoms with Crippen LogP contribution in [0.3, 0.4) is 0 Å². The van der Waals surface area contributed by atoms with Gasteiger partial charge in [-0.05, 0) is 38.5 Å². The van der Waals surface area contributed by atoms with Crippen LogP contribution in [0.1, 0.15) is 32.4 Å². The second-order valence-electron chi connectivity index (χ2n) is 4.04. The molecule has 0 amide bonds. The number of hydrogen-bond donors (Lipinski definition) is 2. The molecule has 0 bridgehead atoms. The van der Waals surface area contributed by atoms with E-state index in [-0.39, 0.29) is 12.1 Å². The van der Waals surface area contributed by atoms with Crippen LogP contribution in [0.4, 0.5) is 0 Å². The fraction of sp³-hybridized carbons (Fsp3) is 0.500. The number of nitrogens with two attached hydrogens (primary N) is 1. The van der Waals surface area contributed by atoms with Crippen molar-refractivity contribution in [1.82, 2.24) is 0 Å². The van der Waals surface area contributed by atoms with Gasteiger partial charge in [0.1, 0.15) is 5.75 Å². The highest BCUT2D eigenvalue weighted by Crippen LogP contribution is 2.21. The van der Waals surface area contributed by atoms with Crippen molar-refractivity contribution in [3.63, 3.8) is 0 Å². The Balaban J connectivity index is 2.82. The molecule has 1 aromatic rings. The van der Waals surface area contributed by atoms with Crippen molar-refractivity contribution in [1.29, 1.82) is 0 Å². The molecule has 1 aromatic carbocycles. The van der Waals surface area contributed by atoms with Crippen LogP contribution in [0.2, 0.25) is 0 Å². The zero-order valence-electron chi connectivity index (χ0n) is 9.47. The molecule has 0 heterocycles. The third kappa shape index (κ3) is 3.53. The molecule has 1 rings (SSSR count). The highest BCUT2D eigenvalue weighted by molar-refractivity contribution is 5.30. The molecule has 2 atom stereocenters. The first-order valence-corrected chi connectivity index (χ1v) is 5.21. The Hall–Kier alpha value is -1.06. The van der Waals surface area contributed by atoms with Gasteiger partial charge in [0.2, 0.25) is 0 Å². The molecule has 3 N–H and O–H groups in total. The van der Waals surface area contributed by atoms with E-state index in [9.17, 15) is 5.11 Å². The lowest BCUT2D eigenvalue weighted by atomic mass is 10.0. The van der Waals surface area contributed by atoms with Gasteiger partial charge in [0.05, 0.1) is 12.2 Å². The number of aliphatic hydroxyl groups excluding tert-OH is 1. The minimum absolute atomic E-state index is 0.132. The van der Waals surface area contributed by atoms with Crippen molar-refractivity contribution >= 4 is 0 Å². The maximum atomic E-state index is 9.78. The van der Waals surface area contributed by atoms with E-state index < -0.39 is 6.10 Å². The van der Waals surface area contributed by atoms with E-state index >= 15 is 0 Å². The summed E-state index contributed by atoms with van der Waals surface area (Å²) in [4.78, 5) is 0. The molecular formula is C12H19NO2. The topological polar surface area (TPSA) is 55.5 Å². The van der Waals surface area contributed by atoms with E-state index in [1.807, 2.05) is 38.1 Å². The fourth-order valence-corrected chi connectivity index (χ4v) is 1.35. The van der Waals surface area contributed by atoms with Crippen LogP contribution in [0.25, 0.3) is 0 Å². The number of benzene rings is 1. The maximum absolute atomic E-state index is 9.78. The summed E-state index contributed by atoms with van der Waals surface area (Å²) in [5.74, 6) is 0.766. The molecule has 0 saturated carbocycles. The molecule has 0 aliphatic rings. The Morgan fingerprint density at radius 1 is 1.27 bits per heavy atom. The summed E-state index contributed by atoms with van der Waals surface area (Å²) in [6, 6.07) is 7.13. The molecule has 0 radical (unpaired) electrons. The number of aliphatic hydroxyl groups is 1. The third-order valence-corrected chi connectivity index (χ3v) is 2.07. The molecule has 84 valence electrons. The number of hydrogen-bond acceptors (Lipinski definition) is 3. The van der Waals surface area contributed by atoms with E-state index in [4.69, 9.17) is 10.5 Å². The van der Waals surface area contributed by atoms with Crippen molar-refractivity contribution < 1.29 is 9.84 Å². The van der Waals surface area contributed by atoms with Crippen molar-refractivity contribution in [3.05, 3.63) is 29.8 Å². The minimum Gasteiger partial charge on any atom is -0.491 e. The van der Waals surface area contributed by atoms with Crippen molar-refractivity contribution in [2.45, 2.75) is 39.0 Å².